The van der Waals surface area contributed by atoms with Gasteiger partial charge in [-0.3, -0.25) is 0 Å². The Kier molecular flexibility index (Phi) is 5.78. The van der Waals surface area contributed by atoms with Crippen LogP contribution < -0.4 is 5.32 Å². The van der Waals surface area contributed by atoms with Crippen molar-refractivity contribution in [1.82, 2.24) is 9.88 Å². The minimum atomic E-state index is -1.28. The third-order valence-corrected chi connectivity index (χ3v) is 8.85. The summed E-state index contributed by atoms with van der Waals surface area (Å²) in [4.78, 5) is 0. The van der Waals surface area contributed by atoms with E-state index in [4.69, 9.17) is 4.74 Å². The smallest absolute Gasteiger partial charge is 0.122 e. The number of nitrogens with zero attached hydrogens (tertiary/aromatic N) is 1. The van der Waals surface area contributed by atoms with E-state index in [9.17, 15) is 0 Å². The summed E-state index contributed by atoms with van der Waals surface area (Å²) in [5.41, 5.74) is 3.04. The highest BCUT2D eigenvalue weighted by Crippen LogP contribution is 2.34. The van der Waals surface area contributed by atoms with Crippen molar-refractivity contribution in [3.63, 3.8) is 0 Å². The molecular formula is C20H31BrN2OSi. The van der Waals surface area contributed by atoms with Crippen molar-refractivity contribution >= 4 is 34.9 Å². The maximum atomic E-state index is 6.25. The molecule has 0 bridgehead atoms. The van der Waals surface area contributed by atoms with Gasteiger partial charge in [0.2, 0.25) is 0 Å². The number of hydrogen-bond donors (Lipinski definition) is 1. The van der Waals surface area contributed by atoms with E-state index >= 15 is 0 Å². The Bertz CT molecular complexity index is 731. The molecule has 2 aromatic rings. The number of hydrogen-bond acceptors (Lipinski definition) is 2. The van der Waals surface area contributed by atoms with Gasteiger partial charge in [0, 0.05) is 27.8 Å². The molecule has 1 aromatic heterocycles. The van der Waals surface area contributed by atoms with Crippen LogP contribution in [0.5, 0.6) is 0 Å². The first kappa shape index (κ1) is 19.1. The van der Waals surface area contributed by atoms with Crippen molar-refractivity contribution < 1.29 is 4.74 Å². The normalized spacial score (nSPS) is 21.0. The molecule has 138 valence electrons. The van der Waals surface area contributed by atoms with Gasteiger partial charge in [-0.25, -0.2) is 0 Å². The number of benzene rings is 1. The number of aromatic nitrogens is 1. The molecule has 1 saturated heterocycles. The molecule has 2 heterocycles. The van der Waals surface area contributed by atoms with Crippen LogP contribution in [-0.2, 0) is 11.5 Å². The van der Waals surface area contributed by atoms with Gasteiger partial charge in [-0.05, 0) is 56.0 Å². The molecule has 25 heavy (non-hydrogen) atoms. The third-order valence-electron chi connectivity index (χ3n) is 5.75. The highest BCUT2D eigenvalue weighted by atomic mass is 79.9. The summed E-state index contributed by atoms with van der Waals surface area (Å²) in [6, 6.07) is 7.18. The summed E-state index contributed by atoms with van der Waals surface area (Å²) in [5.74, 6) is 0.509. The van der Waals surface area contributed by atoms with Gasteiger partial charge in [0.1, 0.15) is 6.73 Å². The van der Waals surface area contributed by atoms with Crippen LogP contribution in [0.4, 0.5) is 0 Å². The Balaban J connectivity index is 1.91. The van der Waals surface area contributed by atoms with Gasteiger partial charge in [-0.1, -0.05) is 42.5 Å². The van der Waals surface area contributed by atoms with Gasteiger partial charge in [-0.15, -0.1) is 0 Å². The summed E-state index contributed by atoms with van der Waals surface area (Å²) in [6.45, 7) is 13.4. The summed E-state index contributed by atoms with van der Waals surface area (Å²) in [5, 5.41) is 5.01. The van der Waals surface area contributed by atoms with Crippen molar-refractivity contribution in [3.05, 3.63) is 34.4 Å². The third kappa shape index (κ3) is 4.21. The lowest BCUT2D eigenvalue weighted by Gasteiger charge is -2.25. The SMILES string of the molecule is CC(c1cn(COC(C)[Si](C)(C)C)c2ccc(Br)cc12)C1CCCN1. The minimum Gasteiger partial charge on any atom is -0.361 e. The zero-order valence-corrected chi connectivity index (χ0v) is 18.7. The van der Waals surface area contributed by atoms with Crippen LogP contribution in [0.2, 0.25) is 19.6 Å². The van der Waals surface area contributed by atoms with Gasteiger partial charge < -0.3 is 14.6 Å². The first-order valence-corrected chi connectivity index (χ1v) is 13.8. The van der Waals surface area contributed by atoms with Crippen molar-refractivity contribution in [1.29, 1.82) is 0 Å². The van der Waals surface area contributed by atoms with E-state index < -0.39 is 8.07 Å². The minimum absolute atomic E-state index is 0.345. The largest absolute Gasteiger partial charge is 0.361 e. The fourth-order valence-electron chi connectivity index (χ4n) is 3.56. The first-order chi connectivity index (χ1) is 11.8. The lowest BCUT2D eigenvalue weighted by atomic mass is 9.92. The molecule has 1 fully saturated rings. The van der Waals surface area contributed by atoms with Gasteiger partial charge in [0.25, 0.3) is 0 Å². The maximum Gasteiger partial charge on any atom is 0.122 e. The van der Waals surface area contributed by atoms with Crippen molar-refractivity contribution in [2.45, 2.75) is 70.7 Å². The van der Waals surface area contributed by atoms with Crippen LogP contribution in [0.15, 0.2) is 28.9 Å². The molecule has 1 aromatic carbocycles. The predicted octanol–water partition coefficient (Wildman–Crippen LogP) is 5.50. The molecule has 5 heteroatoms. The fourth-order valence-corrected chi connectivity index (χ4v) is 4.50. The monoisotopic (exact) mass is 422 g/mol. The molecule has 3 unspecified atom stereocenters. The van der Waals surface area contributed by atoms with E-state index in [1.807, 2.05) is 0 Å². The number of halogens is 1. The number of nitrogens with one attached hydrogen (secondary N) is 1. The average Bonchev–Trinajstić information content (AvgIpc) is 3.19. The van der Waals surface area contributed by atoms with Crippen LogP contribution >= 0.6 is 15.9 Å². The zero-order valence-electron chi connectivity index (χ0n) is 16.1. The Labute approximate surface area is 161 Å². The topological polar surface area (TPSA) is 26.2 Å². The lowest BCUT2D eigenvalue weighted by molar-refractivity contribution is 0.0592. The van der Waals surface area contributed by atoms with Crippen LogP contribution in [-0.4, -0.2) is 31.0 Å². The summed E-state index contributed by atoms with van der Waals surface area (Å²) in [7, 11) is -1.28. The molecule has 0 saturated carbocycles. The zero-order chi connectivity index (χ0) is 18.2. The Hall–Kier alpha value is -0.623. The second-order valence-electron chi connectivity index (χ2n) is 8.51. The standard InChI is InChI=1S/C20H31BrN2OSi/c1-14(19-7-6-10-22-19)18-12-23(13-24-15(2)25(3,4)5)20-9-8-16(21)11-17(18)20/h8-9,11-12,14-15,19,22H,6-7,10,13H2,1-5H3. The lowest BCUT2D eigenvalue weighted by Crippen LogP contribution is -2.38. The van der Waals surface area contributed by atoms with Crippen LogP contribution in [0.25, 0.3) is 10.9 Å². The molecular weight excluding hydrogens is 392 g/mol. The summed E-state index contributed by atoms with van der Waals surface area (Å²) >= 11 is 3.65. The van der Waals surface area contributed by atoms with Gasteiger partial charge >= 0.3 is 0 Å². The number of ether oxygens (including phenoxy) is 1. The second-order valence-corrected chi connectivity index (χ2v) is 15.0. The molecule has 1 N–H and O–H groups in total. The van der Waals surface area contributed by atoms with Crippen molar-refractivity contribution in [2.75, 3.05) is 6.54 Å². The molecule has 1 aliphatic rings. The molecule has 0 radical (unpaired) electrons. The highest BCUT2D eigenvalue weighted by Gasteiger charge is 2.26. The van der Waals surface area contributed by atoms with E-state index in [1.54, 1.807) is 0 Å². The number of rotatable bonds is 6. The van der Waals surface area contributed by atoms with Crippen LogP contribution in [0, 0.1) is 0 Å². The average molecular weight is 423 g/mol. The van der Waals surface area contributed by atoms with Gasteiger partial charge in [0.05, 0.1) is 13.6 Å². The maximum absolute atomic E-state index is 6.25. The summed E-state index contributed by atoms with van der Waals surface area (Å²) < 4.78 is 9.68. The molecule has 0 aliphatic carbocycles. The van der Waals surface area contributed by atoms with E-state index in [2.05, 4.69) is 83.7 Å². The second kappa shape index (κ2) is 7.55. The summed E-state index contributed by atoms with van der Waals surface area (Å²) in [6.07, 6.45) is 4.87. The van der Waals surface area contributed by atoms with Crippen molar-refractivity contribution in [3.8, 4) is 0 Å². The van der Waals surface area contributed by atoms with E-state index in [1.165, 1.54) is 29.3 Å². The van der Waals surface area contributed by atoms with E-state index in [-0.39, 0.29) is 0 Å². The molecule has 0 amide bonds. The fraction of sp³-hybridized carbons (Fsp3) is 0.600. The number of fused-ring (bicyclic) bond motifs is 1. The highest BCUT2D eigenvalue weighted by molar-refractivity contribution is 9.10. The molecule has 0 spiro atoms. The van der Waals surface area contributed by atoms with Gasteiger partial charge in [-0.2, -0.15) is 0 Å². The van der Waals surface area contributed by atoms with Crippen LogP contribution in [0.3, 0.4) is 0 Å². The van der Waals surface area contributed by atoms with Gasteiger partial charge in [0.15, 0.2) is 0 Å². The Morgan fingerprint density at radius 3 is 2.72 bits per heavy atom. The first-order valence-electron chi connectivity index (χ1n) is 9.40. The van der Waals surface area contributed by atoms with E-state index in [0.717, 1.165) is 11.0 Å². The quantitative estimate of drug-likeness (QED) is 0.621. The Morgan fingerprint density at radius 2 is 2.08 bits per heavy atom. The molecule has 3 rings (SSSR count). The molecule has 1 aliphatic heterocycles. The van der Waals surface area contributed by atoms with Crippen LogP contribution in [0.1, 0.15) is 38.2 Å². The van der Waals surface area contributed by atoms with E-state index in [0.29, 0.717) is 24.4 Å². The Morgan fingerprint density at radius 1 is 1.32 bits per heavy atom. The molecule has 3 atom stereocenters. The molecule has 3 nitrogen and oxygen atoms in total. The van der Waals surface area contributed by atoms with Crippen molar-refractivity contribution in [2.24, 2.45) is 0 Å². The predicted molar refractivity (Wildman–Crippen MR) is 113 cm³/mol.